The third kappa shape index (κ3) is 5.09. The fourth-order valence-electron chi connectivity index (χ4n) is 3.35. The minimum absolute atomic E-state index is 0.124. The fraction of sp³-hybridized carbons (Fsp3) is 0.125. The lowest BCUT2D eigenvalue weighted by Gasteiger charge is -2.13. The average Bonchev–Trinajstić information content (AvgIpc) is 3.08. The highest BCUT2D eigenvalue weighted by molar-refractivity contribution is 9.10. The Bertz CT molecular complexity index is 1260. The lowest BCUT2D eigenvalue weighted by atomic mass is 10.0. The number of amides is 1. The molecule has 0 unspecified atom stereocenters. The summed E-state index contributed by atoms with van der Waals surface area (Å²) in [7, 11) is 1.50. The van der Waals surface area contributed by atoms with Gasteiger partial charge in [-0.2, -0.15) is 13.2 Å². The lowest BCUT2D eigenvalue weighted by Crippen LogP contribution is -2.06. The van der Waals surface area contributed by atoms with Gasteiger partial charge in [-0.25, -0.2) is 0 Å². The van der Waals surface area contributed by atoms with E-state index in [1.54, 1.807) is 18.2 Å². The summed E-state index contributed by atoms with van der Waals surface area (Å²) in [6.45, 7) is 0.327. The zero-order valence-electron chi connectivity index (χ0n) is 17.1. The summed E-state index contributed by atoms with van der Waals surface area (Å²) >= 11 is 6.88. The van der Waals surface area contributed by atoms with Crippen LogP contribution in [0.5, 0.6) is 11.5 Å². The molecule has 0 spiro atoms. The second-order valence-electron chi connectivity index (χ2n) is 7.21. The molecule has 0 radical (unpaired) electrons. The SMILES string of the molecule is COc1cc(/C=C2\C(=O)Nc3cc(C(F)(F)F)ccc32)c(Br)cc1OCc1ccc(Br)cc1. The maximum atomic E-state index is 13.0. The number of halogens is 5. The van der Waals surface area contributed by atoms with Crippen molar-refractivity contribution in [2.75, 3.05) is 12.4 Å². The Hall–Kier alpha value is -2.78. The average molecular weight is 583 g/mol. The minimum Gasteiger partial charge on any atom is -0.493 e. The molecule has 170 valence electrons. The van der Waals surface area contributed by atoms with Crippen molar-refractivity contribution in [2.45, 2.75) is 12.8 Å². The first-order valence-electron chi connectivity index (χ1n) is 9.65. The van der Waals surface area contributed by atoms with Crippen LogP contribution < -0.4 is 14.8 Å². The highest BCUT2D eigenvalue weighted by Crippen LogP contribution is 2.40. The Morgan fingerprint density at radius 3 is 2.39 bits per heavy atom. The number of anilines is 1. The molecule has 1 heterocycles. The van der Waals surface area contributed by atoms with E-state index >= 15 is 0 Å². The minimum atomic E-state index is -4.49. The van der Waals surface area contributed by atoms with E-state index in [1.807, 2.05) is 24.3 Å². The molecule has 0 saturated carbocycles. The number of carbonyl (C=O) groups is 1. The van der Waals surface area contributed by atoms with Gasteiger partial charge in [-0.1, -0.05) is 50.1 Å². The normalized spacial score (nSPS) is 14.2. The van der Waals surface area contributed by atoms with Crippen molar-refractivity contribution in [1.29, 1.82) is 0 Å². The number of methoxy groups -OCH3 is 1. The first kappa shape index (κ1) is 23.4. The molecule has 0 bridgehead atoms. The number of carbonyl (C=O) groups excluding carboxylic acids is 1. The predicted molar refractivity (Wildman–Crippen MR) is 127 cm³/mol. The first-order chi connectivity index (χ1) is 15.7. The Morgan fingerprint density at radius 2 is 1.73 bits per heavy atom. The summed E-state index contributed by atoms with van der Waals surface area (Å²) in [4.78, 5) is 12.5. The highest BCUT2D eigenvalue weighted by Gasteiger charge is 2.33. The second-order valence-corrected chi connectivity index (χ2v) is 8.98. The summed E-state index contributed by atoms with van der Waals surface area (Å²) in [5.41, 5.74) is 1.54. The van der Waals surface area contributed by atoms with Gasteiger partial charge in [-0.15, -0.1) is 0 Å². The smallest absolute Gasteiger partial charge is 0.416 e. The van der Waals surface area contributed by atoms with Crippen LogP contribution in [0.25, 0.3) is 11.6 Å². The molecule has 1 aliphatic rings. The summed E-state index contributed by atoms with van der Waals surface area (Å²) < 4.78 is 52.0. The van der Waals surface area contributed by atoms with Crippen molar-refractivity contribution in [2.24, 2.45) is 0 Å². The van der Waals surface area contributed by atoms with Crippen LogP contribution in [0.1, 0.15) is 22.3 Å². The third-order valence-electron chi connectivity index (χ3n) is 5.02. The molecule has 0 atom stereocenters. The van der Waals surface area contributed by atoms with Crippen molar-refractivity contribution >= 4 is 55.1 Å². The van der Waals surface area contributed by atoms with E-state index in [0.29, 0.717) is 33.7 Å². The van der Waals surface area contributed by atoms with Gasteiger partial charge in [0, 0.05) is 25.8 Å². The fourth-order valence-corrected chi connectivity index (χ4v) is 4.05. The number of hydrogen-bond acceptors (Lipinski definition) is 3. The van der Waals surface area contributed by atoms with Crippen LogP contribution in [0.4, 0.5) is 18.9 Å². The van der Waals surface area contributed by atoms with Crippen molar-refractivity contribution in [3.05, 3.63) is 85.8 Å². The van der Waals surface area contributed by atoms with E-state index < -0.39 is 17.6 Å². The zero-order chi connectivity index (χ0) is 23.8. The van der Waals surface area contributed by atoms with Gasteiger partial charge >= 0.3 is 6.18 Å². The summed E-state index contributed by atoms with van der Waals surface area (Å²) in [6.07, 6.45) is -2.89. The van der Waals surface area contributed by atoms with Gasteiger partial charge in [0.2, 0.25) is 0 Å². The van der Waals surface area contributed by atoms with Crippen LogP contribution >= 0.6 is 31.9 Å². The Kier molecular flexibility index (Phi) is 6.54. The van der Waals surface area contributed by atoms with Crippen molar-refractivity contribution in [3.8, 4) is 11.5 Å². The zero-order valence-corrected chi connectivity index (χ0v) is 20.3. The number of alkyl halides is 3. The molecule has 0 fully saturated rings. The molecule has 0 aliphatic carbocycles. The van der Waals surface area contributed by atoms with Gasteiger partial charge in [0.1, 0.15) is 6.61 Å². The molecular formula is C24H16Br2F3NO3. The van der Waals surface area contributed by atoms with Gasteiger partial charge in [0.25, 0.3) is 5.91 Å². The Balaban J connectivity index is 1.63. The molecule has 1 amide bonds. The Labute approximate surface area is 204 Å². The highest BCUT2D eigenvalue weighted by atomic mass is 79.9. The molecule has 1 N–H and O–H groups in total. The molecule has 1 aliphatic heterocycles. The van der Waals surface area contributed by atoms with E-state index in [0.717, 1.165) is 22.2 Å². The third-order valence-corrected chi connectivity index (χ3v) is 6.24. The van der Waals surface area contributed by atoms with E-state index in [1.165, 1.54) is 13.2 Å². The van der Waals surface area contributed by atoms with E-state index in [2.05, 4.69) is 37.2 Å². The van der Waals surface area contributed by atoms with E-state index in [4.69, 9.17) is 9.47 Å². The number of hydrogen-bond donors (Lipinski definition) is 1. The van der Waals surface area contributed by atoms with Crippen LogP contribution in [0.3, 0.4) is 0 Å². The van der Waals surface area contributed by atoms with Crippen molar-refractivity contribution < 1.29 is 27.4 Å². The summed E-state index contributed by atoms with van der Waals surface area (Å²) in [6, 6.07) is 14.3. The number of benzene rings is 3. The van der Waals surface area contributed by atoms with Gasteiger partial charge in [0.15, 0.2) is 11.5 Å². The number of rotatable bonds is 5. The number of ether oxygens (including phenoxy) is 2. The lowest BCUT2D eigenvalue weighted by molar-refractivity contribution is -0.137. The first-order valence-corrected chi connectivity index (χ1v) is 11.2. The molecule has 33 heavy (non-hydrogen) atoms. The maximum absolute atomic E-state index is 13.0. The number of fused-ring (bicyclic) bond motifs is 1. The van der Waals surface area contributed by atoms with Crippen LogP contribution in [-0.4, -0.2) is 13.0 Å². The van der Waals surface area contributed by atoms with Gasteiger partial charge in [-0.05, 0) is 53.6 Å². The second kappa shape index (κ2) is 9.23. The topological polar surface area (TPSA) is 47.6 Å². The molecule has 3 aromatic rings. The monoisotopic (exact) mass is 581 g/mol. The van der Waals surface area contributed by atoms with E-state index in [-0.39, 0.29) is 11.3 Å². The quantitative estimate of drug-likeness (QED) is 0.321. The van der Waals surface area contributed by atoms with Gasteiger partial charge in [-0.3, -0.25) is 4.79 Å². The predicted octanol–water partition coefficient (Wildman–Crippen LogP) is 7.31. The Morgan fingerprint density at radius 1 is 1.00 bits per heavy atom. The molecule has 9 heteroatoms. The summed E-state index contributed by atoms with van der Waals surface area (Å²) in [5.74, 6) is 0.472. The molecule has 4 nitrogen and oxygen atoms in total. The van der Waals surface area contributed by atoms with Gasteiger partial charge in [0.05, 0.1) is 12.7 Å². The van der Waals surface area contributed by atoms with Crippen molar-refractivity contribution in [3.63, 3.8) is 0 Å². The summed E-state index contributed by atoms with van der Waals surface area (Å²) in [5, 5.41) is 2.50. The molecular weight excluding hydrogens is 567 g/mol. The van der Waals surface area contributed by atoms with Crippen molar-refractivity contribution in [1.82, 2.24) is 0 Å². The molecule has 0 saturated heterocycles. The van der Waals surface area contributed by atoms with Crippen LogP contribution in [0, 0.1) is 0 Å². The molecule has 0 aromatic heterocycles. The standard InChI is InChI=1S/C24H16Br2F3NO3/c1-32-21-9-14(19(26)11-22(21)33-12-13-2-5-16(25)6-3-13)8-18-17-7-4-15(24(27,28)29)10-20(17)30-23(18)31/h2-11H,12H2,1H3,(H,30,31)/b18-8-. The van der Waals surface area contributed by atoms with Crippen LogP contribution in [-0.2, 0) is 17.6 Å². The molecule has 3 aromatic carbocycles. The number of nitrogens with one attached hydrogen (secondary N) is 1. The maximum Gasteiger partial charge on any atom is 0.416 e. The molecule has 4 rings (SSSR count). The van der Waals surface area contributed by atoms with Gasteiger partial charge < -0.3 is 14.8 Å². The van der Waals surface area contributed by atoms with E-state index in [9.17, 15) is 18.0 Å². The van der Waals surface area contributed by atoms with Crippen LogP contribution in [0.2, 0.25) is 0 Å². The van der Waals surface area contributed by atoms with Crippen LogP contribution in [0.15, 0.2) is 63.5 Å². The largest absolute Gasteiger partial charge is 0.493 e.